The lowest BCUT2D eigenvalue weighted by Crippen LogP contribution is -2.33. The predicted molar refractivity (Wildman–Crippen MR) is 109 cm³/mol. The molecule has 0 bridgehead atoms. The van der Waals surface area contributed by atoms with Crippen LogP contribution in [0.2, 0.25) is 0 Å². The number of hydrogen-bond acceptors (Lipinski definition) is 3. The van der Waals surface area contributed by atoms with Crippen molar-refractivity contribution < 1.29 is 27.4 Å². The van der Waals surface area contributed by atoms with E-state index in [9.17, 15) is 13.6 Å². The van der Waals surface area contributed by atoms with E-state index >= 15 is 4.39 Å². The normalized spacial score (nSPS) is 27.1. The molecule has 1 aromatic rings. The molecule has 30 heavy (non-hydrogen) atoms. The number of carbonyl (C=O) groups is 1. The number of benzene rings is 1. The fraction of sp³-hybridized carbons (Fsp3) is 0.625. The van der Waals surface area contributed by atoms with Crippen LogP contribution in [0.3, 0.4) is 0 Å². The fourth-order valence-electron chi connectivity index (χ4n) is 4.62. The van der Waals surface area contributed by atoms with E-state index in [0.29, 0.717) is 12.3 Å². The molecule has 1 aromatic carbocycles. The van der Waals surface area contributed by atoms with Crippen molar-refractivity contribution in [1.29, 1.82) is 0 Å². The van der Waals surface area contributed by atoms with Crippen molar-refractivity contribution in [2.24, 2.45) is 5.92 Å². The van der Waals surface area contributed by atoms with Crippen molar-refractivity contribution in [1.82, 2.24) is 0 Å². The first-order valence-electron chi connectivity index (χ1n) is 11.0. The van der Waals surface area contributed by atoms with E-state index in [2.05, 4.69) is 13.5 Å². The van der Waals surface area contributed by atoms with Gasteiger partial charge in [-0.15, -0.1) is 6.58 Å². The second-order valence-electron chi connectivity index (χ2n) is 8.43. The van der Waals surface area contributed by atoms with Gasteiger partial charge in [-0.2, -0.15) is 0 Å². The SMILES string of the molecule is C=CC1CCC(c2ccc(C(=O)OC3CCC(CCC)OC3)c(C(F)F)c2F)CC1. The zero-order valence-corrected chi connectivity index (χ0v) is 17.5. The molecule has 2 fully saturated rings. The van der Waals surface area contributed by atoms with Gasteiger partial charge in [0.1, 0.15) is 11.9 Å². The van der Waals surface area contributed by atoms with Gasteiger partial charge < -0.3 is 9.47 Å². The first-order valence-corrected chi connectivity index (χ1v) is 11.0. The molecule has 0 aromatic heterocycles. The summed E-state index contributed by atoms with van der Waals surface area (Å²) in [6.45, 7) is 6.11. The molecule has 1 aliphatic carbocycles. The lowest BCUT2D eigenvalue weighted by Gasteiger charge is -2.29. The predicted octanol–water partition coefficient (Wildman–Crippen LogP) is 6.73. The molecule has 2 atom stereocenters. The van der Waals surface area contributed by atoms with Crippen molar-refractivity contribution in [2.75, 3.05) is 6.61 Å². The number of rotatable bonds is 7. The quantitative estimate of drug-likeness (QED) is 0.360. The van der Waals surface area contributed by atoms with Crippen molar-refractivity contribution >= 4 is 5.97 Å². The van der Waals surface area contributed by atoms with Crippen LogP contribution in [0.1, 0.15) is 92.1 Å². The van der Waals surface area contributed by atoms with Gasteiger partial charge >= 0.3 is 5.97 Å². The van der Waals surface area contributed by atoms with Gasteiger partial charge in [-0.25, -0.2) is 18.0 Å². The monoisotopic (exact) mass is 424 g/mol. The standard InChI is InChI=1S/C24H31F3O3/c1-3-5-17-10-11-18(14-29-17)30-24(28)20-13-12-19(22(25)21(20)23(26)27)16-8-6-15(4-2)7-9-16/h4,12-13,15-18,23H,2-3,5-11,14H2,1H3. The van der Waals surface area contributed by atoms with Crippen LogP contribution in [0.4, 0.5) is 13.2 Å². The van der Waals surface area contributed by atoms with E-state index in [1.165, 1.54) is 12.1 Å². The van der Waals surface area contributed by atoms with E-state index in [1.54, 1.807) is 0 Å². The molecule has 0 amide bonds. The van der Waals surface area contributed by atoms with Crippen LogP contribution in [-0.4, -0.2) is 24.8 Å². The van der Waals surface area contributed by atoms with E-state index in [0.717, 1.165) is 44.9 Å². The highest BCUT2D eigenvalue weighted by Crippen LogP contribution is 2.40. The summed E-state index contributed by atoms with van der Waals surface area (Å²) in [4.78, 5) is 12.6. The molecule has 1 aliphatic heterocycles. The first kappa shape index (κ1) is 22.9. The van der Waals surface area contributed by atoms with Gasteiger partial charge in [0.2, 0.25) is 0 Å². The molecule has 0 radical (unpaired) electrons. The Labute approximate surface area is 176 Å². The van der Waals surface area contributed by atoms with E-state index in [-0.39, 0.29) is 29.8 Å². The van der Waals surface area contributed by atoms with Gasteiger partial charge in [0.25, 0.3) is 6.43 Å². The summed E-state index contributed by atoms with van der Waals surface area (Å²) in [6, 6.07) is 2.77. The van der Waals surface area contributed by atoms with Crippen molar-refractivity contribution in [3.63, 3.8) is 0 Å². The molecule has 3 rings (SSSR count). The van der Waals surface area contributed by atoms with E-state index in [1.807, 2.05) is 6.08 Å². The summed E-state index contributed by atoms with van der Waals surface area (Å²) < 4.78 is 53.6. The Hall–Kier alpha value is -1.82. The van der Waals surface area contributed by atoms with Crippen LogP contribution >= 0.6 is 0 Å². The fourth-order valence-corrected chi connectivity index (χ4v) is 4.62. The Morgan fingerprint density at radius 3 is 2.53 bits per heavy atom. The summed E-state index contributed by atoms with van der Waals surface area (Å²) in [5.41, 5.74) is -0.960. The third kappa shape index (κ3) is 5.26. The number of alkyl halides is 2. The second kappa shape index (κ2) is 10.5. The third-order valence-electron chi connectivity index (χ3n) is 6.41. The molecule has 1 saturated heterocycles. The topological polar surface area (TPSA) is 35.5 Å². The third-order valence-corrected chi connectivity index (χ3v) is 6.41. The summed E-state index contributed by atoms with van der Waals surface area (Å²) in [7, 11) is 0. The molecule has 3 nitrogen and oxygen atoms in total. The number of carbonyl (C=O) groups excluding carboxylic acids is 1. The summed E-state index contributed by atoms with van der Waals surface area (Å²) in [5, 5.41) is 0. The highest BCUT2D eigenvalue weighted by atomic mass is 19.3. The van der Waals surface area contributed by atoms with Gasteiger partial charge in [0.05, 0.1) is 23.8 Å². The Kier molecular flexibility index (Phi) is 7.98. The van der Waals surface area contributed by atoms with Gasteiger partial charge in [0, 0.05) is 0 Å². The van der Waals surface area contributed by atoms with Crippen LogP contribution in [0.15, 0.2) is 24.8 Å². The molecular formula is C24H31F3O3. The van der Waals surface area contributed by atoms with Crippen LogP contribution in [0.25, 0.3) is 0 Å². The summed E-state index contributed by atoms with van der Waals surface area (Å²) >= 11 is 0. The molecular weight excluding hydrogens is 393 g/mol. The Bertz CT molecular complexity index is 733. The molecule has 2 unspecified atom stereocenters. The minimum Gasteiger partial charge on any atom is -0.456 e. The van der Waals surface area contributed by atoms with Crippen LogP contribution in [0.5, 0.6) is 0 Å². The maximum atomic E-state index is 15.1. The summed E-state index contributed by atoms with van der Waals surface area (Å²) in [5.74, 6) is -1.60. The average molecular weight is 425 g/mol. The number of allylic oxidation sites excluding steroid dienone is 1. The van der Waals surface area contributed by atoms with E-state index in [4.69, 9.17) is 9.47 Å². The molecule has 166 valence electrons. The van der Waals surface area contributed by atoms with Gasteiger partial charge in [-0.3, -0.25) is 0 Å². The van der Waals surface area contributed by atoms with E-state index < -0.39 is 29.9 Å². The molecule has 0 N–H and O–H groups in total. The first-order chi connectivity index (χ1) is 14.4. The zero-order chi connectivity index (χ0) is 21.7. The Morgan fingerprint density at radius 2 is 1.97 bits per heavy atom. The lowest BCUT2D eigenvalue weighted by atomic mass is 9.78. The van der Waals surface area contributed by atoms with Crippen LogP contribution in [0, 0.1) is 11.7 Å². The van der Waals surface area contributed by atoms with Gasteiger partial charge in [0.15, 0.2) is 0 Å². The highest BCUT2D eigenvalue weighted by molar-refractivity contribution is 5.91. The van der Waals surface area contributed by atoms with Crippen molar-refractivity contribution in [3.8, 4) is 0 Å². The Balaban J connectivity index is 1.72. The van der Waals surface area contributed by atoms with Gasteiger partial charge in [-0.1, -0.05) is 25.5 Å². The van der Waals surface area contributed by atoms with Gasteiger partial charge in [-0.05, 0) is 68.4 Å². The Morgan fingerprint density at radius 1 is 1.23 bits per heavy atom. The molecule has 6 heteroatoms. The lowest BCUT2D eigenvalue weighted by molar-refractivity contribution is -0.0689. The maximum Gasteiger partial charge on any atom is 0.339 e. The molecule has 2 aliphatic rings. The molecule has 0 spiro atoms. The average Bonchev–Trinajstić information content (AvgIpc) is 2.75. The zero-order valence-electron chi connectivity index (χ0n) is 17.5. The smallest absolute Gasteiger partial charge is 0.339 e. The van der Waals surface area contributed by atoms with Crippen molar-refractivity contribution in [2.45, 2.75) is 82.8 Å². The molecule has 1 saturated carbocycles. The second-order valence-corrected chi connectivity index (χ2v) is 8.43. The number of halogens is 3. The minimum absolute atomic E-state index is 0.119. The largest absolute Gasteiger partial charge is 0.456 e. The maximum absolute atomic E-state index is 15.1. The van der Waals surface area contributed by atoms with Crippen LogP contribution < -0.4 is 0 Å². The molecule has 1 heterocycles. The summed E-state index contributed by atoms with van der Waals surface area (Å²) in [6.07, 6.45) is 4.96. The number of ether oxygens (including phenoxy) is 2. The number of esters is 1. The highest BCUT2D eigenvalue weighted by Gasteiger charge is 2.32. The van der Waals surface area contributed by atoms with Crippen molar-refractivity contribution in [3.05, 3.63) is 47.3 Å². The minimum atomic E-state index is -3.09. The number of hydrogen-bond donors (Lipinski definition) is 0. The van der Waals surface area contributed by atoms with Crippen LogP contribution in [-0.2, 0) is 9.47 Å².